The first-order valence-electron chi connectivity index (χ1n) is 8.58. The van der Waals surface area contributed by atoms with Crippen molar-refractivity contribution in [3.05, 3.63) is 66.2 Å². The Bertz CT molecular complexity index is 1160. The number of aliphatic hydroxyl groups excluding tert-OH is 1. The van der Waals surface area contributed by atoms with Crippen molar-refractivity contribution in [2.75, 3.05) is 0 Å². The Kier molecular flexibility index (Phi) is 4.83. The number of fused-ring (bicyclic) bond motifs is 1. The molecule has 8 heteroatoms. The van der Waals surface area contributed by atoms with Crippen molar-refractivity contribution in [2.24, 2.45) is 0 Å². The number of aromatic amines is 2. The third-order valence-electron chi connectivity index (χ3n) is 4.17. The summed E-state index contributed by atoms with van der Waals surface area (Å²) in [4.78, 5) is 11.9. The SMILES string of the molecule is C[C@@H](Sc1n[nH]c(-c2ccccc2)n1)/C(O)=C(\C#N)c1nc2ccccc2[nH]1. The summed E-state index contributed by atoms with van der Waals surface area (Å²) < 4.78 is 0. The summed E-state index contributed by atoms with van der Waals surface area (Å²) in [5.41, 5.74) is 2.57. The van der Waals surface area contributed by atoms with E-state index in [1.807, 2.05) is 54.6 Å². The Morgan fingerprint density at radius 1 is 1.11 bits per heavy atom. The van der Waals surface area contributed by atoms with Crippen LogP contribution in [0.25, 0.3) is 28.0 Å². The van der Waals surface area contributed by atoms with Gasteiger partial charge >= 0.3 is 0 Å². The fraction of sp³-hybridized carbons (Fsp3) is 0.100. The Morgan fingerprint density at radius 2 is 1.86 bits per heavy atom. The number of thioether (sulfide) groups is 1. The predicted octanol–water partition coefficient (Wildman–Crippen LogP) is 4.32. The van der Waals surface area contributed by atoms with Gasteiger partial charge in [0.1, 0.15) is 17.4 Å². The van der Waals surface area contributed by atoms with E-state index in [0.29, 0.717) is 16.8 Å². The molecule has 2 heterocycles. The van der Waals surface area contributed by atoms with Gasteiger partial charge in [0.05, 0.1) is 16.3 Å². The number of hydrogen-bond acceptors (Lipinski definition) is 6. The molecule has 0 bridgehead atoms. The summed E-state index contributed by atoms with van der Waals surface area (Å²) in [6.45, 7) is 1.79. The summed E-state index contributed by atoms with van der Waals surface area (Å²) in [5.74, 6) is 0.919. The van der Waals surface area contributed by atoms with Gasteiger partial charge in [0.15, 0.2) is 11.6 Å². The van der Waals surface area contributed by atoms with Crippen molar-refractivity contribution in [2.45, 2.75) is 17.3 Å². The molecule has 138 valence electrons. The van der Waals surface area contributed by atoms with E-state index in [0.717, 1.165) is 16.6 Å². The number of para-hydroxylation sites is 2. The Morgan fingerprint density at radius 3 is 2.61 bits per heavy atom. The van der Waals surface area contributed by atoms with Crippen LogP contribution < -0.4 is 0 Å². The van der Waals surface area contributed by atoms with Crippen molar-refractivity contribution in [3.8, 4) is 17.5 Å². The van der Waals surface area contributed by atoms with Crippen molar-refractivity contribution in [3.63, 3.8) is 0 Å². The van der Waals surface area contributed by atoms with E-state index in [4.69, 9.17) is 0 Å². The number of nitrogens with one attached hydrogen (secondary N) is 2. The first-order valence-corrected chi connectivity index (χ1v) is 9.46. The molecule has 0 spiro atoms. The molecule has 0 unspecified atom stereocenters. The molecule has 0 aliphatic carbocycles. The minimum absolute atomic E-state index is 0.0717. The Balaban J connectivity index is 1.58. The van der Waals surface area contributed by atoms with Crippen molar-refractivity contribution < 1.29 is 5.11 Å². The topological polar surface area (TPSA) is 114 Å². The monoisotopic (exact) mass is 388 g/mol. The number of aromatic nitrogens is 5. The number of H-pyrrole nitrogens is 2. The van der Waals surface area contributed by atoms with Crippen LogP contribution in [-0.4, -0.2) is 35.5 Å². The van der Waals surface area contributed by atoms with Crippen LogP contribution >= 0.6 is 11.8 Å². The van der Waals surface area contributed by atoms with Crippen LogP contribution in [0.1, 0.15) is 12.7 Å². The predicted molar refractivity (Wildman–Crippen MR) is 108 cm³/mol. The van der Waals surface area contributed by atoms with E-state index in [2.05, 4.69) is 31.2 Å². The number of benzene rings is 2. The Labute approximate surface area is 165 Å². The van der Waals surface area contributed by atoms with Gasteiger partial charge < -0.3 is 10.1 Å². The largest absolute Gasteiger partial charge is 0.510 e. The lowest BCUT2D eigenvalue weighted by atomic mass is 10.2. The second-order valence-electron chi connectivity index (χ2n) is 6.07. The van der Waals surface area contributed by atoms with Gasteiger partial charge in [-0.2, -0.15) is 5.26 Å². The Hall–Kier alpha value is -3.57. The zero-order chi connectivity index (χ0) is 19.5. The molecule has 0 saturated carbocycles. The summed E-state index contributed by atoms with van der Waals surface area (Å²) in [6, 6.07) is 19.2. The van der Waals surface area contributed by atoms with Gasteiger partial charge in [-0.1, -0.05) is 54.2 Å². The number of aliphatic hydroxyl groups is 1. The maximum absolute atomic E-state index is 10.7. The number of hydrogen-bond donors (Lipinski definition) is 3. The molecule has 28 heavy (non-hydrogen) atoms. The molecule has 0 radical (unpaired) electrons. The molecule has 3 N–H and O–H groups in total. The average molecular weight is 388 g/mol. The van der Waals surface area contributed by atoms with Crippen LogP contribution in [0.5, 0.6) is 0 Å². The van der Waals surface area contributed by atoms with E-state index in [1.54, 1.807) is 6.92 Å². The maximum Gasteiger partial charge on any atom is 0.209 e. The summed E-state index contributed by atoms with van der Waals surface area (Å²) in [6.07, 6.45) is 0. The maximum atomic E-state index is 10.7. The van der Waals surface area contributed by atoms with Gasteiger partial charge in [-0.3, -0.25) is 5.10 Å². The van der Waals surface area contributed by atoms with Crippen molar-refractivity contribution in [1.82, 2.24) is 25.1 Å². The van der Waals surface area contributed by atoms with Crippen LogP contribution in [0.3, 0.4) is 0 Å². The smallest absolute Gasteiger partial charge is 0.209 e. The van der Waals surface area contributed by atoms with Crippen molar-refractivity contribution in [1.29, 1.82) is 5.26 Å². The molecule has 4 rings (SSSR count). The molecule has 7 nitrogen and oxygen atoms in total. The molecule has 0 saturated heterocycles. The third-order valence-corrected chi connectivity index (χ3v) is 5.14. The van der Waals surface area contributed by atoms with Crippen LogP contribution in [0, 0.1) is 11.3 Å². The van der Waals surface area contributed by atoms with Gasteiger partial charge in [-0.05, 0) is 19.1 Å². The highest BCUT2D eigenvalue weighted by Gasteiger charge is 2.20. The molecule has 0 aliphatic rings. The highest BCUT2D eigenvalue weighted by atomic mass is 32.2. The lowest BCUT2D eigenvalue weighted by molar-refractivity contribution is 0.401. The second kappa shape index (κ2) is 7.58. The molecule has 0 amide bonds. The molecule has 1 atom stereocenters. The first kappa shape index (κ1) is 17.8. The lowest BCUT2D eigenvalue weighted by Crippen LogP contribution is -2.05. The minimum atomic E-state index is -0.428. The number of nitrogens with zero attached hydrogens (tertiary/aromatic N) is 4. The van der Waals surface area contributed by atoms with Crippen LogP contribution in [0.4, 0.5) is 0 Å². The molecular weight excluding hydrogens is 372 g/mol. The fourth-order valence-electron chi connectivity index (χ4n) is 2.74. The van der Waals surface area contributed by atoms with Gasteiger partial charge in [0, 0.05) is 5.56 Å². The third kappa shape index (κ3) is 3.48. The van der Waals surface area contributed by atoms with Crippen LogP contribution in [0.2, 0.25) is 0 Å². The normalized spacial score (nSPS) is 13.1. The number of rotatable bonds is 5. The van der Waals surface area contributed by atoms with Gasteiger partial charge in [0.25, 0.3) is 0 Å². The van der Waals surface area contributed by atoms with E-state index in [9.17, 15) is 10.4 Å². The molecule has 0 fully saturated rings. The average Bonchev–Trinajstić information content (AvgIpc) is 3.36. The van der Waals surface area contributed by atoms with Gasteiger partial charge in [0.2, 0.25) is 5.16 Å². The van der Waals surface area contributed by atoms with Crippen LogP contribution in [0.15, 0.2) is 65.5 Å². The molecule has 2 aromatic carbocycles. The molecule has 4 aromatic rings. The van der Waals surface area contributed by atoms with E-state index in [-0.39, 0.29) is 11.3 Å². The minimum Gasteiger partial charge on any atom is -0.510 e. The lowest BCUT2D eigenvalue weighted by Gasteiger charge is -2.09. The summed E-state index contributed by atoms with van der Waals surface area (Å²) >= 11 is 1.26. The standard InChI is InChI=1S/C20H16N6OS/c1-12(28-20-24-18(25-26-20)13-7-3-2-4-8-13)17(27)14(11-21)19-22-15-9-5-6-10-16(15)23-19/h2-10,12,27H,1H3,(H,22,23)(H,24,25,26)/b17-14-/t12-/m1/s1. The zero-order valence-corrected chi connectivity index (χ0v) is 15.7. The van der Waals surface area contributed by atoms with Crippen LogP contribution in [-0.2, 0) is 0 Å². The molecule has 0 aliphatic heterocycles. The fourth-order valence-corrected chi connectivity index (χ4v) is 3.53. The van der Waals surface area contributed by atoms with E-state index >= 15 is 0 Å². The summed E-state index contributed by atoms with van der Waals surface area (Å²) in [7, 11) is 0. The highest BCUT2D eigenvalue weighted by molar-refractivity contribution is 7.99. The van der Waals surface area contributed by atoms with E-state index < -0.39 is 5.25 Å². The number of nitriles is 1. The van der Waals surface area contributed by atoms with Gasteiger partial charge in [-0.25, -0.2) is 9.97 Å². The highest BCUT2D eigenvalue weighted by Crippen LogP contribution is 2.29. The second-order valence-corrected chi connectivity index (χ2v) is 7.38. The molecule has 2 aromatic heterocycles. The zero-order valence-electron chi connectivity index (χ0n) is 14.9. The number of imidazole rings is 1. The van der Waals surface area contributed by atoms with E-state index in [1.165, 1.54) is 11.8 Å². The quantitative estimate of drug-likeness (QED) is 0.266. The van der Waals surface area contributed by atoms with Gasteiger partial charge in [-0.15, -0.1) is 5.10 Å². The molecular formula is C20H16N6OS. The summed E-state index contributed by atoms with van der Waals surface area (Å²) in [5, 5.41) is 27.4. The number of allylic oxidation sites excluding steroid dienone is 1. The first-order chi connectivity index (χ1) is 13.7. The van der Waals surface area contributed by atoms with Crippen molar-refractivity contribution >= 4 is 28.4 Å².